The SMILES string of the molecule is C#CCn1cnc2c(N)nc(C#CCC3CCC(C(=O)N(C)C)CC3)nc21. The summed E-state index contributed by atoms with van der Waals surface area (Å²) >= 11 is 0. The number of hydrogen-bond acceptors (Lipinski definition) is 5. The number of fused-ring (bicyclic) bond motifs is 1. The van der Waals surface area contributed by atoms with Crippen molar-refractivity contribution < 1.29 is 4.79 Å². The molecule has 0 unspecified atom stereocenters. The van der Waals surface area contributed by atoms with E-state index >= 15 is 0 Å². The largest absolute Gasteiger partial charge is 0.382 e. The lowest BCUT2D eigenvalue weighted by molar-refractivity contribution is -0.134. The van der Waals surface area contributed by atoms with E-state index < -0.39 is 0 Å². The summed E-state index contributed by atoms with van der Waals surface area (Å²) in [6.45, 7) is 0.370. The number of amides is 1. The Morgan fingerprint density at radius 1 is 1.33 bits per heavy atom. The van der Waals surface area contributed by atoms with E-state index in [0.717, 1.165) is 32.1 Å². The third kappa shape index (κ3) is 4.20. The summed E-state index contributed by atoms with van der Waals surface area (Å²) in [6.07, 6.45) is 11.7. The predicted molar refractivity (Wildman–Crippen MR) is 104 cm³/mol. The van der Waals surface area contributed by atoms with Crippen molar-refractivity contribution in [2.75, 3.05) is 19.8 Å². The molecule has 0 aliphatic heterocycles. The highest BCUT2D eigenvalue weighted by molar-refractivity contribution is 5.82. The molecule has 0 atom stereocenters. The number of nitrogens with zero attached hydrogens (tertiary/aromatic N) is 5. The normalized spacial score (nSPS) is 19.1. The Labute approximate surface area is 159 Å². The van der Waals surface area contributed by atoms with Crippen LogP contribution >= 0.6 is 0 Å². The second kappa shape index (κ2) is 8.09. The third-order valence-corrected chi connectivity index (χ3v) is 4.98. The van der Waals surface area contributed by atoms with Crippen LogP contribution in [0.4, 0.5) is 5.82 Å². The van der Waals surface area contributed by atoms with Crippen molar-refractivity contribution in [1.29, 1.82) is 0 Å². The van der Waals surface area contributed by atoms with Crippen molar-refractivity contribution in [2.45, 2.75) is 38.6 Å². The molecule has 3 rings (SSSR count). The van der Waals surface area contributed by atoms with Gasteiger partial charge in [0.05, 0.1) is 12.9 Å². The van der Waals surface area contributed by atoms with Crippen LogP contribution in [0.5, 0.6) is 0 Å². The van der Waals surface area contributed by atoms with Crippen LogP contribution in [-0.4, -0.2) is 44.4 Å². The van der Waals surface area contributed by atoms with E-state index in [2.05, 4.69) is 32.7 Å². The number of aromatic nitrogens is 4. The van der Waals surface area contributed by atoms with Gasteiger partial charge in [-0.1, -0.05) is 11.8 Å². The summed E-state index contributed by atoms with van der Waals surface area (Å²) in [6, 6.07) is 0. The van der Waals surface area contributed by atoms with Gasteiger partial charge in [0.25, 0.3) is 0 Å². The van der Waals surface area contributed by atoms with E-state index in [-0.39, 0.29) is 11.8 Å². The fourth-order valence-corrected chi connectivity index (χ4v) is 3.49. The number of carbonyl (C=O) groups is 1. The lowest BCUT2D eigenvalue weighted by Gasteiger charge is -2.28. The molecule has 0 saturated heterocycles. The highest BCUT2D eigenvalue weighted by Crippen LogP contribution is 2.31. The number of nitrogen functional groups attached to an aromatic ring is 1. The maximum absolute atomic E-state index is 12.0. The molecule has 1 fully saturated rings. The van der Waals surface area contributed by atoms with E-state index in [1.54, 1.807) is 15.8 Å². The number of nitrogens with two attached hydrogens (primary N) is 1. The standard InChI is InChI=1S/C20H24N6O/c1-4-12-26-13-22-17-18(21)23-16(24-19(17)26)7-5-6-14-8-10-15(11-9-14)20(27)25(2)3/h1,13-15H,6,8-12H2,2-3H3,(H2,21,23,24). The molecule has 0 aromatic carbocycles. The molecule has 2 heterocycles. The number of rotatable bonds is 3. The molecule has 2 aromatic rings. The smallest absolute Gasteiger partial charge is 0.225 e. The predicted octanol–water partition coefficient (Wildman–Crippen LogP) is 1.68. The van der Waals surface area contributed by atoms with Gasteiger partial charge in [-0.2, -0.15) is 0 Å². The highest BCUT2D eigenvalue weighted by Gasteiger charge is 2.26. The van der Waals surface area contributed by atoms with Gasteiger partial charge < -0.3 is 15.2 Å². The minimum atomic E-state index is 0.159. The van der Waals surface area contributed by atoms with E-state index in [4.69, 9.17) is 12.2 Å². The molecule has 1 aliphatic carbocycles. The first-order chi connectivity index (χ1) is 13.0. The first-order valence-electron chi connectivity index (χ1n) is 9.11. The second-order valence-electron chi connectivity index (χ2n) is 7.14. The second-order valence-corrected chi connectivity index (χ2v) is 7.14. The first kappa shape index (κ1) is 18.7. The van der Waals surface area contributed by atoms with E-state index in [9.17, 15) is 4.79 Å². The molecule has 7 heteroatoms. The molecule has 2 N–H and O–H groups in total. The Morgan fingerprint density at radius 2 is 2.07 bits per heavy atom. The van der Waals surface area contributed by atoms with Crippen molar-refractivity contribution in [2.24, 2.45) is 11.8 Å². The van der Waals surface area contributed by atoms with Crippen molar-refractivity contribution in [1.82, 2.24) is 24.4 Å². The molecule has 2 aromatic heterocycles. The maximum Gasteiger partial charge on any atom is 0.225 e. The number of hydrogen-bond donors (Lipinski definition) is 1. The topological polar surface area (TPSA) is 89.9 Å². The average Bonchev–Trinajstić information content (AvgIpc) is 3.05. The Morgan fingerprint density at radius 3 is 2.74 bits per heavy atom. The van der Waals surface area contributed by atoms with Gasteiger partial charge in [-0.05, 0) is 37.5 Å². The number of anilines is 1. The van der Waals surface area contributed by atoms with Crippen LogP contribution in [0.2, 0.25) is 0 Å². The molecule has 27 heavy (non-hydrogen) atoms. The molecule has 140 valence electrons. The Bertz CT molecular complexity index is 935. The third-order valence-electron chi connectivity index (χ3n) is 4.98. The molecule has 0 bridgehead atoms. The van der Waals surface area contributed by atoms with Gasteiger partial charge in [0.2, 0.25) is 11.7 Å². The van der Waals surface area contributed by atoms with E-state index in [1.165, 1.54) is 0 Å². The van der Waals surface area contributed by atoms with Gasteiger partial charge in [0, 0.05) is 26.4 Å². The summed E-state index contributed by atoms with van der Waals surface area (Å²) < 4.78 is 1.75. The van der Waals surface area contributed by atoms with Gasteiger partial charge in [-0.25, -0.2) is 15.0 Å². The number of terminal acetylenes is 1. The van der Waals surface area contributed by atoms with Crippen LogP contribution in [0.1, 0.15) is 37.9 Å². The van der Waals surface area contributed by atoms with Gasteiger partial charge in [0.15, 0.2) is 11.5 Å². The van der Waals surface area contributed by atoms with Gasteiger partial charge in [0.1, 0.15) is 5.52 Å². The summed E-state index contributed by atoms with van der Waals surface area (Å²) in [5.41, 5.74) is 7.11. The maximum atomic E-state index is 12.0. The van der Waals surface area contributed by atoms with Crippen molar-refractivity contribution >= 4 is 22.9 Å². The zero-order valence-corrected chi connectivity index (χ0v) is 15.8. The van der Waals surface area contributed by atoms with Crippen molar-refractivity contribution in [3.8, 4) is 24.2 Å². The quantitative estimate of drug-likeness (QED) is 0.837. The Balaban J connectivity index is 1.64. The fraction of sp³-hybridized carbons (Fsp3) is 0.500. The molecule has 1 aliphatic rings. The molecule has 7 nitrogen and oxygen atoms in total. The van der Waals surface area contributed by atoms with Crippen molar-refractivity contribution in [3.63, 3.8) is 0 Å². The summed E-state index contributed by atoms with van der Waals surface area (Å²) in [5.74, 6) is 10.4. The van der Waals surface area contributed by atoms with Crippen molar-refractivity contribution in [3.05, 3.63) is 12.2 Å². The Kier molecular flexibility index (Phi) is 5.61. The molecular weight excluding hydrogens is 340 g/mol. The average molecular weight is 364 g/mol. The lowest BCUT2D eigenvalue weighted by Crippen LogP contribution is -2.32. The Hall–Kier alpha value is -3.06. The van der Waals surface area contributed by atoms with Gasteiger partial charge in [-0.15, -0.1) is 6.42 Å². The first-order valence-corrected chi connectivity index (χ1v) is 9.11. The van der Waals surface area contributed by atoms with Crippen LogP contribution in [0.25, 0.3) is 11.2 Å². The minimum Gasteiger partial charge on any atom is -0.382 e. The number of imidazole rings is 1. The zero-order chi connectivity index (χ0) is 19.4. The van der Waals surface area contributed by atoms with Gasteiger partial charge in [-0.3, -0.25) is 4.79 Å². The summed E-state index contributed by atoms with van der Waals surface area (Å²) in [5, 5.41) is 0. The molecule has 0 radical (unpaired) electrons. The van der Waals surface area contributed by atoms with Crippen LogP contribution < -0.4 is 5.73 Å². The van der Waals surface area contributed by atoms with Crippen LogP contribution in [0, 0.1) is 36.0 Å². The molecule has 1 saturated carbocycles. The van der Waals surface area contributed by atoms with Crippen LogP contribution in [0.3, 0.4) is 0 Å². The molecule has 1 amide bonds. The van der Waals surface area contributed by atoms with Crippen LogP contribution in [0.15, 0.2) is 6.33 Å². The zero-order valence-electron chi connectivity index (χ0n) is 15.8. The lowest BCUT2D eigenvalue weighted by atomic mass is 9.80. The monoisotopic (exact) mass is 364 g/mol. The molecule has 0 spiro atoms. The van der Waals surface area contributed by atoms with E-state index in [1.807, 2.05) is 14.1 Å². The summed E-state index contributed by atoms with van der Waals surface area (Å²) in [4.78, 5) is 26.6. The minimum absolute atomic E-state index is 0.159. The van der Waals surface area contributed by atoms with E-state index in [0.29, 0.717) is 35.3 Å². The summed E-state index contributed by atoms with van der Waals surface area (Å²) in [7, 11) is 3.63. The highest BCUT2D eigenvalue weighted by atomic mass is 16.2. The van der Waals surface area contributed by atoms with Crippen LogP contribution in [-0.2, 0) is 11.3 Å². The number of carbonyl (C=O) groups excluding carboxylic acids is 1. The fourth-order valence-electron chi connectivity index (χ4n) is 3.49. The van der Waals surface area contributed by atoms with Gasteiger partial charge >= 0.3 is 0 Å². The molecular formula is C20H24N6O.